The van der Waals surface area contributed by atoms with Gasteiger partial charge < -0.3 is 23.8 Å². The minimum absolute atomic E-state index is 0.373. The summed E-state index contributed by atoms with van der Waals surface area (Å²) < 4.78 is 13.6. The van der Waals surface area contributed by atoms with Gasteiger partial charge in [-0.3, -0.25) is 5.32 Å². The zero-order chi connectivity index (χ0) is 23.8. The predicted octanol–water partition coefficient (Wildman–Crippen LogP) is 3.73. The van der Waals surface area contributed by atoms with Crippen LogP contribution in [0, 0.1) is 6.92 Å². The van der Waals surface area contributed by atoms with Crippen LogP contribution >= 0.6 is 0 Å². The first kappa shape index (κ1) is 22.2. The first-order chi connectivity index (χ1) is 17.2. The van der Waals surface area contributed by atoms with Crippen molar-refractivity contribution < 1.29 is 9.47 Å². The van der Waals surface area contributed by atoms with Gasteiger partial charge in [-0.05, 0) is 38.0 Å². The second-order valence-corrected chi connectivity index (χ2v) is 9.60. The average Bonchev–Trinajstić information content (AvgIpc) is 3.20. The second-order valence-electron chi connectivity index (χ2n) is 9.60. The number of piperidine rings is 1. The Morgan fingerprint density at radius 3 is 2.63 bits per heavy atom. The van der Waals surface area contributed by atoms with Crippen LogP contribution in [0.15, 0.2) is 36.5 Å². The zero-order valence-corrected chi connectivity index (χ0v) is 20.6. The number of benzene rings is 1. The quantitative estimate of drug-likeness (QED) is 0.575. The highest BCUT2D eigenvalue weighted by Crippen LogP contribution is 2.41. The van der Waals surface area contributed by atoms with Gasteiger partial charge in [-0.25, -0.2) is 9.97 Å². The molecule has 0 N–H and O–H groups in total. The molecule has 0 amide bonds. The van der Waals surface area contributed by atoms with Gasteiger partial charge in [0.2, 0.25) is 5.95 Å². The molecule has 0 unspecified atom stereocenters. The molecule has 2 fully saturated rings. The molecule has 6 rings (SSSR count). The normalized spacial score (nSPS) is 18.5. The molecule has 0 atom stereocenters. The van der Waals surface area contributed by atoms with Crippen molar-refractivity contribution in [2.45, 2.75) is 32.2 Å². The zero-order valence-electron chi connectivity index (χ0n) is 20.6. The summed E-state index contributed by atoms with van der Waals surface area (Å²) in [6, 6.07) is 10.9. The van der Waals surface area contributed by atoms with Crippen LogP contribution in [0.5, 0.6) is 5.75 Å². The van der Waals surface area contributed by atoms with Crippen molar-refractivity contribution in [3.05, 3.63) is 47.8 Å². The number of hydrogen-bond acceptors (Lipinski definition) is 6. The molecule has 8 heteroatoms. The van der Waals surface area contributed by atoms with Gasteiger partial charge in [-0.2, -0.15) is 0 Å². The number of ether oxygens (including phenoxy) is 2. The Bertz CT molecular complexity index is 1190. The van der Waals surface area contributed by atoms with Crippen LogP contribution in [0.4, 0.5) is 17.5 Å². The van der Waals surface area contributed by atoms with Gasteiger partial charge in [-0.1, -0.05) is 11.6 Å². The van der Waals surface area contributed by atoms with Crippen molar-refractivity contribution in [2.75, 3.05) is 62.8 Å². The van der Waals surface area contributed by atoms with Crippen molar-refractivity contribution >= 4 is 17.5 Å². The third kappa shape index (κ3) is 4.20. The highest BCUT2D eigenvalue weighted by molar-refractivity contribution is 5.78. The van der Waals surface area contributed by atoms with E-state index in [1.807, 2.05) is 18.3 Å². The first-order valence-corrected chi connectivity index (χ1v) is 12.7. The molecule has 35 heavy (non-hydrogen) atoms. The molecule has 2 saturated heterocycles. The van der Waals surface area contributed by atoms with Gasteiger partial charge in [0.1, 0.15) is 11.6 Å². The Balaban J connectivity index is 1.38. The van der Waals surface area contributed by atoms with Crippen molar-refractivity contribution in [3.63, 3.8) is 0 Å². The van der Waals surface area contributed by atoms with E-state index in [1.165, 1.54) is 22.5 Å². The molecule has 3 aromatic rings. The summed E-state index contributed by atoms with van der Waals surface area (Å²) in [5.41, 5.74) is 6.01. The first-order valence-electron chi connectivity index (χ1n) is 12.7. The summed E-state index contributed by atoms with van der Waals surface area (Å²) in [6.45, 7) is 8.11. The van der Waals surface area contributed by atoms with Gasteiger partial charge in [0, 0.05) is 63.0 Å². The molecule has 3 aliphatic rings. The maximum absolute atomic E-state index is 5.66. The molecule has 0 saturated carbocycles. The number of methoxy groups -OCH3 is 1. The van der Waals surface area contributed by atoms with Crippen molar-refractivity contribution in [2.24, 2.45) is 0 Å². The van der Waals surface area contributed by atoms with E-state index in [4.69, 9.17) is 19.8 Å². The van der Waals surface area contributed by atoms with E-state index < -0.39 is 0 Å². The van der Waals surface area contributed by atoms with Crippen molar-refractivity contribution in [1.29, 1.82) is 0 Å². The van der Waals surface area contributed by atoms with Crippen LogP contribution in [-0.2, 0) is 11.2 Å². The van der Waals surface area contributed by atoms with Crippen LogP contribution < -0.4 is 19.9 Å². The van der Waals surface area contributed by atoms with E-state index in [-0.39, 0.29) is 0 Å². The Kier molecular flexibility index (Phi) is 5.98. The third-order valence-electron chi connectivity index (χ3n) is 7.40. The van der Waals surface area contributed by atoms with Crippen LogP contribution in [0.25, 0.3) is 11.3 Å². The Labute approximate surface area is 206 Å². The Morgan fingerprint density at radius 2 is 1.83 bits per heavy atom. The lowest BCUT2D eigenvalue weighted by molar-refractivity contribution is 0.121. The third-order valence-corrected chi connectivity index (χ3v) is 7.40. The Morgan fingerprint density at radius 1 is 1.00 bits per heavy atom. The van der Waals surface area contributed by atoms with Gasteiger partial charge >= 0.3 is 0 Å². The van der Waals surface area contributed by atoms with E-state index >= 15 is 0 Å². The number of aromatic nitrogens is 3. The monoisotopic (exact) mass is 473 g/mol. The van der Waals surface area contributed by atoms with E-state index in [9.17, 15) is 0 Å². The van der Waals surface area contributed by atoms with Gasteiger partial charge in [0.15, 0.2) is 0 Å². The molecular weight excluding hydrogens is 440 g/mol. The molecule has 0 aliphatic carbocycles. The predicted molar refractivity (Wildman–Crippen MR) is 137 cm³/mol. The highest BCUT2D eigenvalue weighted by Gasteiger charge is 2.32. The lowest BCUT2D eigenvalue weighted by Crippen LogP contribution is -2.40. The summed E-state index contributed by atoms with van der Waals surface area (Å²) in [7, 11) is 1.70. The summed E-state index contributed by atoms with van der Waals surface area (Å²) in [4.78, 5) is 14.7. The number of nitrogens with zero attached hydrogens (tertiary/aromatic N) is 6. The topological polar surface area (TPSA) is 69.8 Å². The summed E-state index contributed by atoms with van der Waals surface area (Å²) in [5.74, 6) is 2.94. The molecule has 3 aliphatic heterocycles. The average molecular weight is 474 g/mol. The molecule has 0 bridgehead atoms. The van der Waals surface area contributed by atoms with Gasteiger partial charge in [0.25, 0.3) is 0 Å². The van der Waals surface area contributed by atoms with Crippen LogP contribution in [0.2, 0.25) is 0 Å². The smallest absolute Gasteiger partial charge is 0.206 e. The summed E-state index contributed by atoms with van der Waals surface area (Å²) >= 11 is 0. The fourth-order valence-corrected chi connectivity index (χ4v) is 5.57. The lowest BCUT2D eigenvalue weighted by atomic mass is 10.0. The maximum atomic E-state index is 5.66. The van der Waals surface area contributed by atoms with E-state index in [2.05, 4.69) is 44.5 Å². The minimum atomic E-state index is 0.373. The van der Waals surface area contributed by atoms with Crippen LogP contribution in [-0.4, -0.2) is 67.6 Å². The lowest BCUT2D eigenvalue weighted by Gasteiger charge is -2.37. The molecule has 1 radical (unpaired) electrons. The SMILES string of the molecule is COc1ccnc(N2CCC(n3c(N4CCOCC4)nc4c3-c3cc(C)ccc3[N]CC4)CC2)c1. The summed E-state index contributed by atoms with van der Waals surface area (Å²) in [6.07, 6.45) is 4.78. The van der Waals surface area contributed by atoms with Crippen molar-refractivity contribution in [3.8, 4) is 17.0 Å². The molecule has 183 valence electrons. The maximum Gasteiger partial charge on any atom is 0.206 e. The van der Waals surface area contributed by atoms with Crippen LogP contribution in [0.1, 0.15) is 30.1 Å². The van der Waals surface area contributed by atoms with Gasteiger partial charge in [0.05, 0.1) is 37.4 Å². The van der Waals surface area contributed by atoms with E-state index in [0.717, 1.165) is 88.4 Å². The van der Waals surface area contributed by atoms with Crippen molar-refractivity contribution in [1.82, 2.24) is 19.9 Å². The molecule has 0 spiro atoms. The largest absolute Gasteiger partial charge is 0.497 e. The number of imidazole rings is 1. The number of aryl methyl sites for hydroxylation is 1. The highest BCUT2D eigenvalue weighted by atomic mass is 16.5. The fraction of sp³-hybridized carbons (Fsp3) is 0.481. The Hall–Kier alpha value is -3.26. The van der Waals surface area contributed by atoms with E-state index in [0.29, 0.717) is 6.04 Å². The molecule has 2 aromatic heterocycles. The number of anilines is 2. The molecule has 5 heterocycles. The number of rotatable bonds is 4. The fourth-order valence-electron chi connectivity index (χ4n) is 5.57. The minimum Gasteiger partial charge on any atom is -0.497 e. The molecular formula is C27H33N6O2. The second kappa shape index (κ2) is 9.41. The van der Waals surface area contributed by atoms with Gasteiger partial charge in [-0.15, -0.1) is 0 Å². The number of morpholine rings is 1. The standard InChI is InChI=1S/C27H33N6O2/c1-19-3-4-23-22(17-19)26-24(6-10-28-23)30-27(32-13-15-35-16-14-32)33(26)20-7-11-31(12-8-20)25-18-21(34-2)5-9-29-25/h3-5,9,17-18,20H,6-8,10-16H2,1-2H3. The van der Waals surface area contributed by atoms with E-state index in [1.54, 1.807) is 7.11 Å². The number of fused-ring (bicyclic) bond motifs is 3. The van der Waals surface area contributed by atoms with Crippen LogP contribution in [0.3, 0.4) is 0 Å². The number of pyridine rings is 1. The molecule has 8 nitrogen and oxygen atoms in total. The summed E-state index contributed by atoms with van der Waals surface area (Å²) in [5, 5.41) is 4.90. The number of hydrogen-bond donors (Lipinski definition) is 0. The molecule has 1 aromatic carbocycles.